The van der Waals surface area contributed by atoms with Crippen LogP contribution in [0.2, 0.25) is 5.02 Å². The number of anilines is 1. The van der Waals surface area contributed by atoms with E-state index in [1.807, 2.05) is 19.1 Å². The first-order valence-electron chi connectivity index (χ1n) is 11.1. The molecule has 0 bridgehead atoms. The molecule has 0 radical (unpaired) electrons. The van der Waals surface area contributed by atoms with E-state index >= 15 is 0 Å². The molecule has 2 aliphatic heterocycles. The Bertz CT molecular complexity index is 1360. The van der Waals surface area contributed by atoms with Gasteiger partial charge in [0.25, 0.3) is 15.9 Å². The second kappa shape index (κ2) is 9.31. The summed E-state index contributed by atoms with van der Waals surface area (Å²) in [7, 11) is -3.97. The number of hydrogen-bond acceptors (Lipinski definition) is 6. The first kappa shape index (κ1) is 23.3. The zero-order chi connectivity index (χ0) is 24.6. The number of hydrogen-bond donors (Lipinski definition) is 1. The van der Waals surface area contributed by atoms with Crippen LogP contribution in [0.1, 0.15) is 18.5 Å². The highest BCUT2D eigenvalue weighted by Gasteiger charge is 2.37. The zero-order valence-corrected chi connectivity index (χ0v) is 20.4. The number of carbonyl (C=O) groups excluding carboxylic acids is 1. The van der Waals surface area contributed by atoms with Gasteiger partial charge in [-0.2, -0.15) is 0 Å². The third-order valence-electron chi connectivity index (χ3n) is 5.85. The molecule has 0 saturated heterocycles. The van der Waals surface area contributed by atoms with Crippen LogP contribution < -0.4 is 23.8 Å². The minimum absolute atomic E-state index is 0.0717. The van der Waals surface area contributed by atoms with Crippen molar-refractivity contribution in [2.75, 3.05) is 24.1 Å². The summed E-state index contributed by atoms with van der Waals surface area (Å²) >= 11 is 5.94. The van der Waals surface area contributed by atoms with Crippen molar-refractivity contribution in [2.45, 2.75) is 24.0 Å². The van der Waals surface area contributed by atoms with Crippen molar-refractivity contribution >= 4 is 33.2 Å². The molecule has 2 aliphatic rings. The van der Waals surface area contributed by atoms with Crippen LogP contribution in [0, 0.1) is 0 Å². The predicted molar refractivity (Wildman–Crippen MR) is 131 cm³/mol. The first-order chi connectivity index (χ1) is 16.8. The third kappa shape index (κ3) is 4.61. The van der Waals surface area contributed by atoms with Crippen molar-refractivity contribution in [3.05, 3.63) is 77.3 Å². The van der Waals surface area contributed by atoms with Crippen LogP contribution in [0.15, 0.2) is 71.6 Å². The van der Waals surface area contributed by atoms with Gasteiger partial charge in [0.05, 0.1) is 23.2 Å². The maximum atomic E-state index is 13.5. The zero-order valence-electron chi connectivity index (χ0n) is 18.8. The van der Waals surface area contributed by atoms with Crippen LogP contribution in [-0.4, -0.2) is 40.2 Å². The van der Waals surface area contributed by atoms with Gasteiger partial charge in [0.2, 0.25) is 0 Å². The fraction of sp³-hybridized carbons (Fsp3) is 0.240. The number of amides is 1. The maximum absolute atomic E-state index is 13.5. The molecule has 182 valence electrons. The number of benzene rings is 3. The summed E-state index contributed by atoms with van der Waals surface area (Å²) < 4.78 is 45.3. The van der Waals surface area contributed by atoms with Crippen molar-refractivity contribution < 1.29 is 27.4 Å². The third-order valence-corrected chi connectivity index (χ3v) is 7.90. The Morgan fingerprint density at radius 1 is 1.00 bits per heavy atom. The number of carbonyl (C=O) groups is 1. The molecule has 0 saturated carbocycles. The monoisotopic (exact) mass is 514 g/mol. The van der Waals surface area contributed by atoms with Crippen LogP contribution >= 0.6 is 11.6 Å². The molecule has 0 aliphatic carbocycles. The van der Waals surface area contributed by atoms with Crippen LogP contribution in [0.5, 0.6) is 17.2 Å². The number of ether oxygens (including phenoxy) is 3. The van der Waals surface area contributed by atoms with Gasteiger partial charge < -0.3 is 19.5 Å². The Kier molecular flexibility index (Phi) is 6.21. The molecular weight excluding hydrogens is 492 g/mol. The summed E-state index contributed by atoms with van der Waals surface area (Å²) in [4.78, 5) is 13.3. The van der Waals surface area contributed by atoms with E-state index in [2.05, 4.69) is 5.32 Å². The Hall–Kier alpha value is -3.43. The topological polar surface area (TPSA) is 94.2 Å². The normalized spacial score (nSPS) is 17.7. The number of para-hydroxylation sites is 2. The second-order valence-electron chi connectivity index (χ2n) is 8.20. The van der Waals surface area contributed by atoms with E-state index < -0.39 is 22.0 Å². The minimum atomic E-state index is -3.97. The van der Waals surface area contributed by atoms with Gasteiger partial charge in [-0.1, -0.05) is 29.8 Å². The maximum Gasteiger partial charge on any atom is 0.264 e. The van der Waals surface area contributed by atoms with Gasteiger partial charge in [0, 0.05) is 5.02 Å². The fourth-order valence-electron chi connectivity index (χ4n) is 4.02. The van der Waals surface area contributed by atoms with Crippen molar-refractivity contribution in [1.29, 1.82) is 0 Å². The quantitative estimate of drug-likeness (QED) is 0.554. The van der Waals surface area contributed by atoms with E-state index in [4.69, 9.17) is 25.8 Å². The molecule has 10 heteroatoms. The summed E-state index contributed by atoms with van der Waals surface area (Å²) in [5, 5.41) is 3.35. The lowest BCUT2D eigenvalue weighted by molar-refractivity contribution is -0.128. The summed E-state index contributed by atoms with van der Waals surface area (Å²) in [5.41, 5.74) is 1.19. The van der Waals surface area contributed by atoms with E-state index in [9.17, 15) is 13.2 Å². The molecule has 35 heavy (non-hydrogen) atoms. The summed E-state index contributed by atoms with van der Waals surface area (Å²) in [6.45, 7) is 2.61. The van der Waals surface area contributed by atoms with Gasteiger partial charge >= 0.3 is 0 Å². The molecule has 3 aromatic carbocycles. The largest absolute Gasteiger partial charge is 0.486 e. The molecule has 1 amide bonds. The second-order valence-corrected chi connectivity index (χ2v) is 10.5. The van der Waals surface area contributed by atoms with Crippen molar-refractivity contribution in [3.63, 3.8) is 0 Å². The molecule has 0 unspecified atom stereocenters. The van der Waals surface area contributed by atoms with E-state index in [-0.39, 0.29) is 17.5 Å². The summed E-state index contributed by atoms with van der Waals surface area (Å²) in [5.74, 6) is 1.16. The molecule has 3 aromatic rings. The highest BCUT2D eigenvalue weighted by Crippen LogP contribution is 2.37. The van der Waals surface area contributed by atoms with E-state index in [1.54, 1.807) is 30.3 Å². The number of halogens is 1. The molecule has 1 N–H and O–H groups in total. The van der Waals surface area contributed by atoms with Gasteiger partial charge in [0.15, 0.2) is 17.6 Å². The molecule has 5 rings (SSSR count). The number of sulfonamides is 1. The molecule has 0 aromatic heterocycles. The van der Waals surface area contributed by atoms with Crippen LogP contribution in [0.25, 0.3) is 0 Å². The molecule has 0 spiro atoms. The Morgan fingerprint density at radius 3 is 2.49 bits per heavy atom. The van der Waals surface area contributed by atoms with Gasteiger partial charge in [-0.25, -0.2) is 8.42 Å². The van der Waals surface area contributed by atoms with Crippen molar-refractivity contribution in [1.82, 2.24) is 5.32 Å². The van der Waals surface area contributed by atoms with E-state index in [0.29, 0.717) is 41.2 Å². The number of nitrogens with zero attached hydrogens (tertiary/aromatic N) is 1. The van der Waals surface area contributed by atoms with Gasteiger partial charge in [-0.15, -0.1) is 0 Å². The average molecular weight is 515 g/mol. The number of nitrogens with one attached hydrogen (secondary N) is 1. The van der Waals surface area contributed by atoms with Gasteiger partial charge in [0.1, 0.15) is 19.0 Å². The Labute approximate surface area is 208 Å². The van der Waals surface area contributed by atoms with Gasteiger partial charge in [-0.05, 0) is 61.0 Å². The standard InChI is InChI=1S/C25H23ClN2O6S/c1-16(17-6-11-22-23(14-17)33-13-12-32-22)27-25(29)24-15-28(20-4-2-3-5-21(20)34-24)35(30,31)19-9-7-18(26)8-10-19/h2-11,14,16,24H,12-13,15H2,1H3,(H,27,29)/t16-,24+/m0/s1. The van der Waals surface area contributed by atoms with Gasteiger partial charge in [-0.3, -0.25) is 9.10 Å². The molecule has 2 atom stereocenters. The van der Waals surface area contributed by atoms with Crippen LogP contribution in [0.3, 0.4) is 0 Å². The van der Waals surface area contributed by atoms with E-state index in [1.165, 1.54) is 28.6 Å². The molecule has 2 heterocycles. The Morgan fingerprint density at radius 2 is 1.71 bits per heavy atom. The van der Waals surface area contributed by atoms with Crippen LogP contribution in [-0.2, 0) is 14.8 Å². The minimum Gasteiger partial charge on any atom is -0.486 e. The SMILES string of the molecule is C[C@H](NC(=O)[C@H]1CN(S(=O)(=O)c2ccc(Cl)cc2)c2ccccc2O1)c1ccc2c(c1)OCCO2. The predicted octanol–water partition coefficient (Wildman–Crippen LogP) is 3.94. The van der Waals surface area contributed by atoms with Crippen LogP contribution in [0.4, 0.5) is 5.69 Å². The lowest BCUT2D eigenvalue weighted by Gasteiger charge is -2.35. The number of rotatable bonds is 5. The smallest absolute Gasteiger partial charge is 0.264 e. The van der Waals surface area contributed by atoms with E-state index in [0.717, 1.165) is 5.56 Å². The first-order valence-corrected chi connectivity index (χ1v) is 12.9. The lowest BCUT2D eigenvalue weighted by Crippen LogP contribution is -2.51. The fourth-order valence-corrected chi connectivity index (χ4v) is 5.62. The van der Waals surface area contributed by atoms with Crippen molar-refractivity contribution in [2.24, 2.45) is 0 Å². The highest BCUT2D eigenvalue weighted by atomic mass is 35.5. The molecule has 8 nitrogen and oxygen atoms in total. The summed E-state index contributed by atoms with van der Waals surface area (Å²) in [6, 6.07) is 17.8. The highest BCUT2D eigenvalue weighted by molar-refractivity contribution is 7.92. The summed E-state index contributed by atoms with van der Waals surface area (Å²) in [6.07, 6.45) is -1.05. The number of fused-ring (bicyclic) bond motifs is 2. The lowest BCUT2D eigenvalue weighted by atomic mass is 10.1. The Balaban J connectivity index is 1.38. The average Bonchev–Trinajstić information content (AvgIpc) is 2.87. The molecule has 0 fully saturated rings. The van der Waals surface area contributed by atoms with Crippen molar-refractivity contribution in [3.8, 4) is 17.2 Å². The molecular formula is C25H23ClN2O6S.